The summed E-state index contributed by atoms with van der Waals surface area (Å²) in [7, 11) is -2.48. The minimum atomic E-state index is -3.96. The average molecular weight is 546 g/mol. The van der Waals surface area contributed by atoms with E-state index < -0.39 is 34.3 Å². The first-order valence-corrected chi connectivity index (χ1v) is 13.8. The second kappa shape index (κ2) is 12.2. The van der Waals surface area contributed by atoms with Gasteiger partial charge in [-0.15, -0.1) is 0 Å². The van der Waals surface area contributed by atoms with Gasteiger partial charge in [-0.1, -0.05) is 71.8 Å². The zero-order valence-corrected chi connectivity index (χ0v) is 22.4. The fourth-order valence-electron chi connectivity index (χ4n) is 3.98. The highest BCUT2D eigenvalue weighted by Gasteiger charge is 2.32. The minimum Gasteiger partial charge on any atom is -0.357 e. The first kappa shape index (κ1) is 28.1. The molecule has 1 N–H and O–H groups in total. The van der Waals surface area contributed by atoms with Crippen LogP contribution in [0.3, 0.4) is 0 Å². The van der Waals surface area contributed by atoms with E-state index in [1.165, 1.54) is 18.0 Å². The monoisotopic (exact) mass is 545 g/mol. The molecule has 0 saturated heterocycles. The van der Waals surface area contributed by atoms with Crippen LogP contribution in [-0.2, 0) is 32.6 Å². The molecule has 3 aromatic rings. The van der Waals surface area contributed by atoms with Gasteiger partial charge in [-0.2, -0.15) is 0 Å². The van der Waals surface area contributed by atoms with Crippen molar-refractivity contribution in [2.75, 3.05) is 24.2 Å². The van der Waals surface area contributed by atoms with Crippen LogP contribution in [-0.4, -0.2) is 51.0 Å². The molecule has 7 nitrogen and oxygen atoms in total. The Hall–Kier alpha value is -3.43. The number of carbonyl (C=O) groups excluding carboxylic acids is 2. The lowest BCUT2D eigenvalue weighted by Gasteiger charge is -2.33. The number of benzene rings is 3. The summed E-state index contributed by atoms with van der Waals surface area (Å²) in [6, 6.07) is 19.3. The molecule has 0 aliphatic rings. The molecule has 2 amide bonds. The fraction of sp³-hybridized carbons (Fsp3) is 0.259. The van der Waals surface area contributed by atoms with Gasteiger partial charge in [0.25, 0.3) is 0 Å². The van der Waals surface area contributed by atoms with Gasteiger partial charge in [0.15, 0.2) is 0 Å². The van der Waals surface area contributed by atoms with Crippen LogP contribution >= 0.6 is 11.6 Å². The first-order chi connectivity index (χ1) is 17.5. The lowest BCUT2D eigenvalue weighted by Crippen LogP contribution is -2.52. The van der Waals surface area contributed by atoms with Crippen molar-refractivity contribution >= 4 is 39.1 Å². The Morgan fingerprint density at radius 3 is 2.27 bits per heavy atom. The van der Waals surface area contributed by atoms with Crippen molar-refractivity contribution in [3.8, 4) is 0 Å². The summed E-state index contributed by atoms with van der Waals surface area (Å²) in [5.41, 5.74) is 2.63. The summed E-state index contributed by atoms with van der Waals surface area (Å²) in [6.07, 6.45) is 1.17. The van der Waals surface area contributed by atoms with E-state index in [-0.39, 0.29) is 29.6 Å². The molecule has 0 aliphatic carbocycles. The Morgan fingerprint density at radius 2 is 1.68 bits per heavy atom. The summed E-state index contributed by atoms with van der Waals surface area (Å²) in [4.78, 5) is 28.2. The molecule has 3 rings (SSSR count). The van der Waals surface area contributed by atoms with Crippen LogP contribution in [0.25, 0.3) is 0 Å². The third-order valence-electron chi connectivity index (χ3n) is 5.82. The van der Waals surface area contributed by atoms with E-state index >= 15 is 0 Å². The summed E-state index contributed by atoms with van der Waals surface area (Å²) in [5, 5.41) is 2.35. The van der Waals surface area contributed by atoms with Crippen molar-refractivity contribution in [3.05, 3.63) is 100 Å². The maximum atomic E-state index is 13.8. The van der Waals surface area contributed by atoms with Crippen LogP contribution in [0.4, 0.5) is 10.1 Å². The zero-order valence-electron chi connectivity index (χ0n) is 20.8. The molecule has 0 aromatic heterocycles. The Morgan fingerprint density at radius 1 is 1.00 bits per heavy atom. The molecule has 0 fully saturated rings. The van der Waals surface area contributed by atoms with Gasteiger partial charge in [-0.25, -0.2) is 12.8 Å². The average Bonchev–Trinajstić information content (AvgIpc) is 2.86. The van der Waals surface area contributed by atoms with E-state index in [1.807, 2.05) is 61.5 Å². The van der Waals surface area contributed by atoms with Gasteiger partial charge in [-0.3, -0.25) is 13.9 Å². The number of nitrogens with one attached hydrogen (secondary N) is 1. The smallest absolute Gasteiger partial charge is 0.244 e. The summed E-state index contributed by atoms with van der Waals surface area (Å²) in [6.45, 7) is 1.39. The molecule has 0 bridgehead atoms. The lowest BCUT2D eigenvalue weighted by atomic mass is 10.0. The highest BCUT2D eigenvalue weighted by molar-refractivity contribution is 7.92. The number of aryl methyl sites for hydroxylation is 1. The molecule has 0 spiro atoms. The minimum absolute atomic E-state index is 0.0392. The topological polar surface area (TPSA) is 86.8 Å². The van der Waals surface area contributed by atoms with E-state index in [1.54, 1.807) is 0 Å². The van der Waals surface area contributed by atoms with Gasteiger partial charge >= 0.3 is 0 Å². The number of rotatable bonds is 10. The largest absolute Gasteiger partial charge is 0.357 e. The third kappa shape index (κ3) is 7.53. The molecule has 37 heavy (non-hydrogen) atoms. The van der Waals surface area contributed by atoms with Crippen molar-refractivity contribution in [1.29, 1.82) is 0 Å². The number of carbonyl (C=O) groups is 2. The quantitative estimate of drug-likeness (QED) is 0.418. The molecule has 0 radical (unpaired) electrons. The fourth-order valence-corrected chi connectivity index (χ4v) is 5.00. The highest BCUT2D eigenvalue weighted by Crippen LogP contribution is 2.25. The van der Waals surface area contributed by atoms with E-state index in [0.717, 1.165) is 39.4 Å². The van der Waals surface area contributed by atoms with Crippen molar-refractivity contribution in [2.24, 2.45) is 0 Å². The van der Waals surface area contributed by atoms with Gasteiger partial charge in [-0.05, 0) is 36.2 Å². The number of anilines is 1. The molecule has 3 aromatic carbocycles. The molecule has 0 heterocycles. The number of amides is 2. The molecule has 196 valence electrons. The number of nitrogens with zero attached hydrogens (tertiary/aromatic N) is 2. The Bertz CT molecular complexity index is 1370. The van der Waals surface area contributed by atoms with Crippen LogP contribution in [0.1, 0.15) is 16.7 Å². The molecule has 0 unspecified atom stereocenters. The predicted octanol–water partition coefficient (Wildman–Crippen LogP) is 3.94. The Kier molecular flexibility index (Phi) is 9.29. The number of likely N-dealkylation sites (N-methyl/N-ethyl adjacent to an activating group) is 1. The number of sulfonamides is 1. The van der Waals surface area contributed by atoms with Gasteiger partial charge in [0.2, 0.25) is 21.8 Å². The number of hydrogen-bond donors (Lipinski definition) is 1. The molecule has 10 heteroatoms. The normalized spacial score (nSPS) is 12.0. The first-order valence-electron chi connectivity index (χ1n) is 11.5. The van der Waals surface area contributed by atoms with E-state index in [0.29, 0.717) is 0 Å². The number of hydrogen-bond acceptors (Lipinski definition) is 4. The van der Waals surface area contributed by atoms with Gasteiger partial charge in [0.05, 0.1) is 17.0 Å². The summed E-state index contributed by atoms with van der Waals surface area (Å²) >= 11 is 5.89. The van der Waals surface area contributed by atoms with Crippen LogP contribution in [0.15, 0.2) is 72.8 Å². The van der Waals surface area contributed by atoms with Gasteiger partial charge in [0.1, 0.15) is 18.4 Å². The zero-order chi connectivity index (χ0) is 27.2. The van der Waals surface area contributed by atoms with E-state index in [4.69, 9.17) is 11.6 Å². The van der Waals surface area contributed by atoms with Gasteiger partial charge in [0, 0.05) is 20.0 Å². The number of halogens is 2. The predicted molar refractivity (Wildman–Crippen MR) is 143 cm³/mol. The summed E-state index contributed by atoms with van der Waals surface area (Å²) < 4.78 is 40.0. The van der Waals surface area contributed by atoms with Crippen LogP contribution in [0.2, 0.25) is 5.02 Å². The van der Waals surface area contributed by atoms with Crippen molar-refractivity contribution in [1.82, 2.24) is 10.2 Å². The molecule has 1 atom stereocenters. The van der Waals surface area contributed by atoms with Crippen LogP contribution < -0.4 is 9.62 Å². The molecular formula is C27H29ClFN3O4S. The second-order valence-electron chi connectivity index (χ2n) is 8.70. The highest BCUT2D eigenvalue weighted by atomic mass is 35.5. The Balaban J connectivity index is 2.04. The molecular weight excluding hydrogens is 517 g/mol. The molecule has 0 aliphatic heterocycles. The van der Waals surface area contributed by atoms with Crippen molar-refractivity contribution in [3.63, 3.8) is 0 Å². The van der Waals surface area contributed by atoms with E-state index in [9.17, 15) is 22.4 Å². The third-order valence-corrected chi connectivity index (χ3v) is 7.25. The standard InChI is InChI=1S/C27H29ClFN3O4S/c1-19-8-7-11-21(14-19)17-31(25(27(34)30-2)15-20-9-5-4-6-10-20)26(33)18-32(37(3,35)36)22-12-13-24(29)23(28)16-22/h4-14,16,25H,15,17-18H2,1-3H3,(H,30,34)/t25-/m1/s1. The van der Waals surface area contributed by atoms with Crippen LogP contribution in [0, 0.1) is 12.7 Å². The van der Waals surface area contributed by atoms with E-state index in [2.05, 4.69) is 5.32 Å². The molecule has 0 saturated carbocycles. The van der Waals surface area contributed by atoms with Gasteiger partial charge < -0.3 is 10.2 Å². The van der Waals surface area contributed by atoms with Crippen molar-refractivity contribution < 1.29 is 22.4 Å². The Labute approximate surface area is 221 Å². The summed E-state index contributed by atoms with van der Waals surface area (Å²) in [5.74, 6) is -1.70. The lowest BCUT2D eigenvalue weighted by molar-refractivity contribution is -0.139. The van der Waals surface area contributed by atoms with Crippen LogP contribution in [0.5, 0.6) is 0 Å². The SMILES string of the molecule is CNC(=O)[C@@H](Cc1ccccc1)N(Cc1cccc(C)c1)C(=O)CN(c1ccc(F)c(Cl)c1)S(C)(=O)=O. The van der Waals surface area contributed by atoms with Crippen molar-refractivity contribution in [2.45, 2.75) is 25.9 Å². The second-order valence-corrected chi connectivity index (χ2v) is 11.0. The maximum absolute atomic E-state index is 13.8. The maximum Gasteiger partial charge on any atom is 0.244 e.